The molecular formula is C17H21Cl2N3O. The van der Waals surface area contributed by atoms with Crippen LogP contribution in [0.25, 0.3) is 0 Å². The number of aromatic nitrogens is 2. The smallest absolute Gasteiger partial charge is 0.148 e. The fraction of sp³-hybridized carbons (Fsp3) is 0.412. The number of aryl methyl sites for hydroxylation is 3. The van der Waals surface area contributed by atoms with Crippen LogP contribution in [0, 0.1) is 13.8 Å². The van der Waals surface area contributed by atoms with Crippen LogP contribution in [0.3, 0.4) is 0 Å². The van der Waals surface area contributed by atoms with Crippen LogP contribution in [-0.2, 0) is 6.42 Å². The van der Waals surface area contributed by atoms with Crippen molar-refractivity contribution >= 4 is 29.0 Å². The van der Waals surface area contributed by atoms with Gasteiger partial charge in [-0.2, -0.15) is 0 Å². The molecule has 2 rings (SSSR count). The molecular weight excluding hydrogens is 333 g/mol. The monoisotopic (exact) mass is 353 g/mol. The zero-order valence-corrected chi connectivity index (χ0v) is 15.1. The van der Waals surface area contributed by atoms with Gasteiger partial charge in [0.15, 0.2) is 0 Å². The minimum absolute atomic E-state index is 0.465. The molecule has 0 aliphatic carbocycles. The van der Waals surface area contributed by atoms with Crippen molar-refractivity contribution < 1.29 is 4.74 Å². The summed E-state index contributed by atoms with van der Waals surface area (Å²) in [6, 6.07) is 4.11. The van der Waals surface area contributed by atoms with E-state index in [1.165, 1.54) is 11.9 Å². The predicted molar refractivity (Wildman–Crippen MR) is 95.9 cm³/mol. The Balaban J connectivity index is 1.93. The molecule has 2 aromatic rings. The molecule has 0 atom stereocenters. The van der Waals surface area contributed by atoms with Crippen LogP contribution in [0.2, 0.25) is 10.0 Å². The fourth-order valence-corrected chi connectivity index (χ4v) is 2.83. The number of hydrogen-bond donors (Lipinski definition) is 1. The van der Waals surface area contributed by atoms with E-state index in [1.54, 1.807) is 0 Å². The third kappa shape index (κ3) is 4.72. The summed E-state index contributed by atoms with van der Waals surface area (Å²) in [6.07, 6.45) is 3.60. The molecule has 6 heteroatoms. The van der Waals surface area contributed by atoms with Crippen LogP contribution in [0.1, 0.15) is 30.2 Å². The first-order valence-corrected chi connectivity index (χ1v) is 8.41. The highest BCUT2D eigenvalue weighted by Crippen LogP contribution is 2.30. The van der Waals surface area contributed by atoms with Crippen molar-refractivity contribution in [1.82, 2.24) is 9.97 Å². The molecule has 4 nitrogen and oxygen atoms in total. The van der Waals surface area contributed by atoms with Gasteiger partial charge in [0.05, 0.1) is 17.3 Å². The summed E-state index contributed by atoms with van der Waals surface area (Å²) in [5.74, 6) is 1.35. The lowest BCUT2D eigenvalue weighted by molar-refractivity contribution is 0.330. The molecule has 0 aliphatic heterocycles. The van der Waals surface area contributed by atoms with Crippen molar-refractivity contribution in [1.29, 1.82) is 0 Å². The maximum absolute atomic E-state index is 6.33. The van der Waals surface area contributed by atoms with Gasteiger partial charge in [-0.1, -0.05) is 42.6 Å². The van der Waals surface area contributed by atoms with Crippen molar-refractivity contribution in [3.63, 3.8) is 0 Å². The standard InChI is InChI=1S/C17H21Cl2N3O/c1-4-5-13-8-11(2)16(14(18)9-13)23-7-6-20-17-15(19)12(3)21-10-22-17/h8-10H,4-7H2,1-3H3,(H,20,21,22). The lowest BCUT2D eigenvalue weighted by Gasteiger charge is -2.14. The average Bonchev–Trinajstić information content (AvgIpc) is 2.50. The molecule has 0 spiro atoms. The Labute approximate surface area is 147 Å². The van der Waals surface area contributed by atoms with Crippen LogP contribution < -0.4 is 10.1 Å². The maximum atomic E-state index is 6.33. The summed E-state index contributed by atoms with van der Waals surface area (Å²) in [5, 5.41) is 4.33. The second-order valence-electron chi connectivity index (χ2n) is 5.37. The number of rotatable bonds is 7. The molecule has 23 heavy (non-hydrogen) atoms. The molecule has 124 valence electrons. The number of nitrogens with one attached hydrogen (secondary N) is 1. The Morgan fingerprint density at radius 1 is 1.17 bits per heavy atom. The Morgan fingerprint density at radius 2 is 1.96 bits per heavy atom. The molecule has 1 N–H and O–H groups in total. The fourth-order valence-electron chi connectivity index (χ4n) is 2.32. The number of benzene rings is 1. The lowest BCUT2D eigenvalue weighted by atomic mass is 10.1. The van der Waals surface area contributed by atoms with Gasteiger partial charge in [0.25, 0.3) is 0 Å². The van der Waals surface area contributed by atoms with Crippen molar-refractivity contribution in [3.8, 4) is 5.75 Å². The SMILES string of the molecule is CCCc1cc(C)c(OCCNc2ncnc(C)c2Cl)c(Cl)c1. The largest absolute Gasteiger partial charge is 0.490 e. The summed E-state index contributed by atoms with van der Waals surface area (Å²) in [7, 11) is 0. The Bertz CT molecular complexity index is 654. The first-order chi connectivity index (χ1) is 11.0. The number of nitrogens with zero attached hydrogens (tertiary/aromatic N) is 2. The molecule has 0 saturated heterocycles. The second kappa shape index (κ2) is 8.37. The van der Waals surface area contributed by atoms with Crippen LogP contribution in [-0.4, -0.2) is 23.1 Å². The molecule has 0 saturated carbocycles. The zero-order valence-electron chi connectivity index (χ0n) is 13.6. The highest BCUT2D eigenvalue weighted by molar-refractivity contribution is 6.33. The Kier molecular flexibility index (Phi) is 6.48. The van der Waals surface area contributed by atoms with E-state index in [2.05, 4.69) is 28.3 Å². The van der Waals surface area contributed by atoms with Gasteiger partial charge < -0.3 is 10.1 Å². The van der Waals surface area contributed by atoms with Gasteiger partial charge >= 0.3 is 0 Å². The minimum atomic E-state index is 0.465. The van der Waals surface area contributed by atoms with E-state index in [4.69, 9.17) is 27.9 Å². The van der Waals surface area contributed by atoms with E-state index in [0.29, 0.717) is 29.0 Å². The number of ether oxygens (including phenoxy) is 1. The van der Waals surface area contributed by atoms with Crippen molar-refractivity contribution in [2.24, 2.45) is 0 Å². The summed E-state index contributed by atoms with van der Waals surface area (Å²) in [5.41, 5.74) is 3.04. The van der Waals surface area contributed by atoms with Gasteiger partial charge in [-0.05, 0) is 37.5 Å². The highest BCUT2D eigenvalue weighted by atomic mass is 35.5. The van der Waals surface area contributed by atoms with E-state index < -0.39 is 0 Å². The van der Waals surface area contributed by atoms with Gasteiger partial charge in [0, 0.05) is 0 Å². The first-order valence-electron chi connectivity index (χ1n) is 7.65. The van der Waals surface area contributed by atoms with Crippen LogP contribution >= 0.6 is 23.2 Å². The number of anilines is 1. The molecule has 0 unspecified atom stereocenters. The lowest BCUT2D eigenvalue weighted by Crippen LogP contribution is -2.13. The summed E-state index contributed by atoms with van der Waals surface area (Å²) < 4.78 is 5.81. The van der Waals surface area contributed by atoms with Crippen LogP contribution in [0.15, 0.2) is 18.5 Å². The topological polar surface area (TPSA) is 47.0 Å². The summed E-state index contributed by atoms with van der Waals surface area (Å²) in [6.45, 7) is 7.04. The van der Waals surface area contributed by atoms with Crippen LogP contribution in [0.5, 0.6) is 5.75 Å². The van der Waals surface area contributed by atoms with Gasteiger partial charge in [-0.3, -0.25) is 0 Å². The quantitative estimate of drug-likeness (QED) is 0.723. The molecule has 1 heterocycles. The maximum Gasteiger partial charge on any atom is 0.148 e. The Hall–Kier alpha value is -1.52. The predicted octanol–water partition coefficient (Wildman–Crippen LogP) is 4.84. The van der Waals surface area contributed by atoms with E-state index in [-0.39, 0.29) is 0 Å². The second-order valence-corrected chi connectivity index (χ2v) is 6.16. The molecule has 0 amide bonds. The Morgan fingerprint density at radius 3 is 2.65 bits per heavy atom. The average molecular weight is 354 g/mol. The summed E-state index contributed by atoms with van der Waals surface area (Å²) in [4.78, 5) is 8.14. The number of halogens is 2. The molecule has 1 aromatic heterocycles. The molecule has 0 aliphatic rings. The van der Waals surface area contributed by atoms with E-state index in [1.807, 2.05) is 19.9 Å². The number of hydrogen-bond acceptors (Lipinski definition) is 4. The third-order valence-corrected chi connectivity index (χ3v) is 4.17. The van der Waals surface area contributed by atoms with Gasteiger partial charge in [-0.25, -0.2) is 9.97 Å². The van der Waals surface area contributed by atoms with Crippen molar-refractivity contribution in [2.45, 2.75) is 33.6 Å². The molecule has 0 bridgehead atoms. The van der Waals surface area contributed by atoms with E-state index >= 15 is 0 Å². The molecule has 0 radical (unpaired) electrons. The van der Waals surface area contributed by atoms with Crippen LogP contribution in [0.4, 0.5) is 5.82 Å². The van der Waals surface area contributed by atoms with Gasteiger partial charge in [0.1, 0.15) is 29.5 Å². The normalized spacial score (nSPS) is 10.7. The summed E-state index contributed by atoms with van der Waals surface area (Å²) >= 11 is 12.5. The van der Waals surface area contributed by atoms with Crippen molar-refractivity contribution in [2.75, 3.05) is 18.5 Å². The van der Waals surface area contributed by atoms with Crippen molar-refractivity contribution in [3.05, 3.63) is 45.3 Å². The van der Waals surface area contributed by atoms with Gasteiger partial charge in [0.2, 0.25) is 0 Å². The highest BCUT2D eigenvalue weighted by Gasteiger charge is 2.09. The minimum Gasteiger partial charge on any atom is -0.490 e. The zero-order chi connectivity index (χ0) is 16.8. The molecule has 1 aromatic carbocycles. The third-order valence-electron chi connectivity index (χ3n) is 3.43. The molecule has 0 fully saturated rings. The van der Waals surface area contributed by atoms with E-state index in [0.717, 1.165) is 29.8 Å². The first kappa shape index (κ1) is 17.8. The van der Waals surface area contributed by atoms with Gasteiger partial charge in [-0.15, -0.1) is 0 Å². The van der Waals surface area contributed by atoms with E-state index in [9.17, 15) is 0 Å².